The van der Waals surface area contributed by atoms with Crippen LogP contribution in [0.1, 0.15) is 26.3 Å². The number of allylic oxidation sites excluding steroid dienone is 1. The minimum atomic E-state index is -3.73. The van der Waals surface area contributed by atoms with Crippen LogP contribution >= 0.6 is 0 Å². The highest BCUT2D eigenvalue weighted by Crippen LogP contribution is 2.19. The van der Waals surface area contributed by atoms with E-state index in [0.29, 0.717) is 17.9 Å². The number of ether oxygens (including phenoxy) is 2. The zero-order valence-electron chi connectivity index (χ0n) is 14.9. The third-order valence-electron chi connectivity index (χ3n) is 2.82. The summed E-state index contributed by atoms with van der Waals surface area (Å²) in [6.45, 7) is 6.12. The molecule has 0 atom stereocenters. The Morgan fingerprint density at radius 2 is 1.92 bits per heavy atom. The van der Waals surface area contributed by atoms with E-state index in [9.17, 15) is 13.2 Å². The third kappa shape index (κ3) is 8.30. The maximum atomic E-state index is 11.9. The van der Waals surface area contributed by atoms with Gasteiger partial charge < -0.3 is 9.47 Å². The molecular weight excluding hydrogens is 342 g/mol. The van der Waals surface area contributed by atoms with Crippen molar-refractivity contribution >= 4 is 27.8 Å². The second-order valence-corrected chi connectivity index (χ2v) is 7.04. The summed E-state index contributed by atoms with van der Waals surface area (Å²) in [5.74, 6) is -0.189. The molecule has 136 valence electrons. The first-order valence-corrected chi connectivity index (χ1v) is 9.58. The number of esters is 1. The first-order valence-electron chi connectivity index (χ1n) is 7.73. The van der Waals surface area contributed by atoms with Crippen molar-refractivity contribution in [1.29, 1.82) is 0 Å². The lowest BCUT2D eigenvalue weighted by Crippen LogP contribution is -2.17. The number of para-hydroxylation sites is 1. The molecule has 0 radical (unpaired) electrons. The van der Waals surface area contributed by atoms with Gasteiger partial charge in [0.25, 0.3) is 10.0 Å². The van der Waals surface area contributed by atoms with Crippen LogP contribution in [0.3, 0.4) is 0 Å². The van der Waals surface area contributed by atoms with Crippen molar-refractivity contribution < 1.29 is 22.7 Å². The SMILES string of the molecule is CCOC(=O)C(/C=C/c1ccccc1OCC=C(C)C)=N\S(C)(=O)=O. The van der Waals surface area contributed by atoms with Crippen molar-refractivity contribution in [3.63, 3.8) is 0 Å². The fraction of sp³-hybridized carbons (Fsp3) is 0.333. The van der Waals surface area contributed by atoms with Gasteiger partial charge in [0.05, 0.1) is 12.9 Å². The van der Waals surface area contributed by atoms with Gasteiger partial charge in [-0.15, -0.1) is 0 Å². The van der Waals surface area contributed by atoms with Gasteiger partial charge in [-0.1, -0.05) is 23.8 Å². The monoisotopic (exact) mass is 365 g/mol. The lowest BCUT2D eigenvalue weighted by molar-refractivity contribution is -0.134. The summed E-state index contributed by atoms with van der Waals surface area (Å²) >= 11 is 0. The second-order valence-electron chi connectivity index (χ2n) is 5.39. The number of nitrogens with zero attached hydrogens (tertiary/aromatic N) is 1. The van der Waals surface area contributed by atoms with Gasteiger partial charge in [0.1, 0.15) is 12.4 Å². The average molecular weight is 365 g/mol. The Bertz CT molecular complexity index is 787. The highest BCUT2D eigenvalue weighted by Gasteiger charge is 2.13. The van der Waals surface area contributed by atoms with E-state index in [1.54, 1.807) is 25.1 Å². The molecule has 0 saturated heterocycles. The van der Waals surface area contributed by atoms with Crippen LogP contribution in [-0.4, -0.2) is 39.6 Å². The van der Waals surface area contributed by atoms with E-state index in [1.807, 2.05) is 32.1 Å². The van der Waals surface area contributed by atoms with E-state index in [2.05, 4.69) is 4.40 Å². The molecule has 1 rings (SSSR count). The molecule has 0 aromatic heterocycles. The summed E-state index contributed by atoms with van der Waals surface area (Å²) in [7, 11) is -3.73. The highest BCUT2D eigenvalue weighted by molar-refractivity contribution is 7.89. The quantitative estimate of drug-likeness (QED) is 0.402. The highest BCUT2D eigenvalue weighted by atomic mass is 32.2. The molecule has 6 nitrogen and oxygen atoms in total. The van der Waals surface area contributed by atoms with Crippen LogP contribution in [0.25, 0.3) is 6.08 Å². The first-order chi connectivity index (χ1) is 11.7. The Morgan fingerprint density at radius 1 is 1.24 bits per heavy atom. The number of sulfonamides is 1. The second kappa shape index (κ2) is 9.78. The van der Waals surface area contributed by atoms with E-state index in [4.69, 9.17) is 9.47 Å². The molecule has 0 aliphatic rings. The molecule has 1 aromatic carbocycles. The molecule has 0 unspecified atom stereocenters. The number of carbonyl (C=O) groups excluding carboxylic acids is 1. The van der Waals surface area contributed by atoms with Crippen LogP contribution in [-0.2, 0) is 19.6 Å². The minimum Gasteiger partial charge on any atom is -0.489 e. The van der Waals surface area contributed by atoms with Crippen LogP contribution in [0.2, 0.25) is 0 Å². The van der Waals surface area contributed by atoms with Gasteiger partial charge in [0.2, 0.25) is 0 Å². The molecule has 0 spiro atoms. The zero-order chi connectivity index (χ0) is 18.9. The van der Waals surface area contributed by atoms with Crippen LogP contribution in [0.15, 0.2) is 46.4 Å². The predicted octanol–water partition coefficient (Wildman–Crippen LogP) is 3.01. The standard InChI is InChI=1S/C18H23NO5S/c1-5-23-18(20)16(19-25(4,21)22)11-10-15-8-6-7-9-17(15)24-13-12-14(2)3/h6-12H,5,13H2,1-4H3/b11-10+,19-16-. The maximum absolute atomic E-state index is 11.9. The molecule has 0 bridgehead atoms. The molecule has 1 aromatic rings. The summed E-state index contributed by atoms with van der Waals surface area (Å²) in [4.78, 5) is 11.9. The molecule has 25 heavy (non-hydrogen) atoms. The Hall–Kier alpha value is -2.41. The van der Waals surface area contributed by atoms with Crippen LogP contribution in [0, 0.1) is 0 Å². The first kappa shape index (κ1) is 20.6. The fourth-order valence-corrected chi connectivity index (χ4v) is 2.23. The number of benzene rings is 1. The van der Waals surface area contributed by atoms with Crippen LogP contribution < -0.4 is 4.74 Å². The summed E-state index contributed by atoms with van der Waals surface area (Å²) < 4.78 is 36.7. The van der Waals surface area contributed by atoms with E-state index < -0.39 is 16.0 Å². The van der Waals surface area contributed by atoms with Crippen LogP contribution in [0.5, 0.6) is 5.75 Å². The van der Waals surface area contributed by atoms with Crippen molar-refractivity contribution in [2.24, 2.45) is 4.40 Å². The summed E-state index contributed by atoms with van der Waals surface area (Å²) in [5.41, 5.74) is 1.54. The number of hydrogen-bond acceptors (Lipinski definition) is 5. The van der Waals surface area contributed by atoms with Crippen molar-refractivity contribution in [2.75, 3.05) is 19.5 Å². The molecular formula is C18H23NO5S. The molecule has 0 aliphatic heterocycles. The molecule has 0 heterocycles. The molecule has 7 heteroatoms. The van der Waals surface area contributed by atoms with Crippen molar-refractivity contribution in [3.8, 4) is 5.75 Å². The van der Waals surface area contributed by atoms with Gasteiger partial charge in [-0.2, -0.15) is 4.40 Å². The number of carbonyl (C=O) groups is 1. The molecule has 0 aliphatic carbocycles. The number of rotatable bonds is 8. The average Bonchev–Trinajstić information content (AvgIpc) is 2.51. The fourth-order valence-electron chi connectivity index (χ4n) is 1.74. The summed E-state index contributed by atoms with van der Waals surface area (Å²) in [6.07, 6.45) is 5.73. The van der Waals surface area contributed by atoms with Crippen molar-refractivity contribution in [2.45, 2.75) is 20.8 Å². The lowest BCUT2D eigenvalue weighted by Gasteiger charge is -2.07. The smallest absolute Gasteiger partial charge is 0.357 e. The Kier molecular flexibility index (Phi) is 8.07. The van der Waals surface area contributed by atoms with E-state index >= 15 is 0 Å². The number of hydrogen-bond donors (Lipinski definition) is 0. The Morgan fingerprint density at radius 3 is 2.52 bits per heavy atom. The zero-order valence-corrected chi connectivity index (χ0v) is 15.7. The van der Waals surface area contributed by atoms with Gasteiger partial charge in [0, 0.05) is 5.56 Å². The van der Waals surface area contributed by atoms with Gasteiger partial charge >= 0.3 is 5.97 Å². The molecule has 0 N–H and O–H groups in total. The van der Waals surface area contributed by atoms with Crippen molar-refractivity contribution in [3.05, 3.63) is 47.6 Å². The predicted molar refractivity (Wildman–Crippen MR) is 99.3 cm³/mol. The summed E-state index contributed by atoms with van der Waals surface area (Å²) in [6, 6.07) is 7.21. The Labute approximate surface area is 148 Å². The maximum Gasteiger partial charge on any atom is 0.357 e. The Balaban J connectivity index is 3.10. The van der Waals surface area contributed by atoms with Gasteiger partial charge in [0.15, 0.2) is 5.71 Å². The van der Waals surface area contributed by atoms with Gasteiger partial charge in [-0.05, 0) is 45.1 Å². The van der Waals surface area contributed by atoms with Crippen molar-refractivity contribution in [1.82, 2.24) is 0 Å². The van der Waals surface area contributed by atoms with Crippen LogP contribution in [0.4, 0.5) is 0 Å². The van der Waals surface area contributed by atoms with E-state index in [-0.39, 0.29) is 12.3 Å². The van der Waals surface area contributed by atoms with Gasteiger partial charge in [-0.3, -0.25) is 0 Å². The largest absolute Gasteiger partial charge is 0.489 e. The normalized spacial score (nSPS) is 12.1. The topological polar surface area (TPSA) is 82.0 Å². The lowest BCUT2D eigenvalue weighted by atomic mass is 10.1. The third-order valence-corrected chi connectivity index (χ3v) is 3.35. The summed E-state index contributed by atoms with van der Waals surface area (Å²) in [5, 5.41) is 0. The van der Waals surface area contributed by atoms with E-state index in [1.165, 1.54) is 6.08 Å². The minimum absolute atomic E-state index is 0.123. The van der Waals surface area contributed by atoms with Gasteiger partial charge in [-0.25, -0.2) is 13.2 Å². The van der Waals surface area contributed by atoms with E-state index in [0.717, 1.165) is 11.8 Å². The molecule has 0 saturated carbocycles. The molecule has 0 fully saturated rings. The molecule has 0 amide bonds.